The molecule has 1 saturated heterocycles. The fourth-order valence-electron chi connectivity index (χ4n) is 4.01. The van der Waals surface area contributed by atoms with E-state index in [1.807, 2.05) is 59.5 Å². The Bertz CT molecular complexity index is 920. The number of nitrogens with zero attached hydrogens (tertiary/aromatic N) is 1. The van der Waals surface area contributed by atoms with E-state index in [1.165, 1.54) is 0 Å². The van der Waals surface area contributed by atoms with Gasteiger partial charge in [-0.15, -0.1) is 12.4 Å². The molecule has 1 fully saturated rings. The number of rotatable bonds is 3. The van der Waals surface area contributed by atoms with E-state index in [2.05, 4.69) is 5.32 Å². The summed E-state index contributed by atoms with van der Waals surface area (Å²) in [5, 5.41) is 7.23. The van der Waals surface area contributed by atoms with E-state index < -0.39 is 18.6 Å². The number of piperazine rings is 1. The summed E-state index contributed by atoms with van der Waals surface area (Å²) in [6, 6.07) is 17.0. The van der Waals surface area contributed by atoms with Crippen molar-refractivity contribution in [3.05, 3.63) is 60.2 Å². The SMILES string of the molecule is Cl.FC(F)(F)C[C@@H](c1cc2ccccc2c2ccccc12)N1CCNCC1. The summed E-state index contributed by atoms with van der Waals surface area (Å²) in [6.45, 7) is 2.70. The Morgan fingerprint density at radius 2 is 1.48 bits per heavy atom. The van der Waals surface area contributed by atoms with E-state index in [1.54, 1.807) is 0 Å². The minimum absolute atomic E-state index is 0. The lowest BCUT2D eigenvalue weighted by atomic mass is 9.91. The first kappa shape index (κ1) is 19.9. The molecule has 0 saturated carbocycles. The van der Waals surface area contributed by atoms with Crippen LogP contribution in [0.1, 0.15) is 18.0 Å². The third-order valence-corrected chi connectivity index (χ3v) is 5.18. The fourth-order valence-corrected chi connectivity index (χ4v) is 4.01. The van der Waals surface area contributed by atoms with Gasteiger partial charge in [0.2, 0.25) is 0 Å². The second kappa shape index (κ2) is 8.05. The maximum Gasteiger partial charge on any atom is 0.390 e. The lowest BCUT2D eigenvalue weighted by Crippen LogP contribution is -2.46. The molecule has 144 valence electrons. The predicted octanol–water partition coefficient (Wildman–Crippen LogP) is 5.31. The van der Waals surface area contributed by atoms with E-state index >= 15 is 0 Å². The van der Waals surface area contributed by atoms with Gasteiger partial charge < -0.3 is 5.32 Å². The van der Waals surface area contributed by atoms with Crippen molar-refractivity contribution in [1.29, 1.82) is 0 Å². The molecule has 0 unspecified atom stereocenters. The van der Waals surface area contributed by atoms with Crippen LogP contribution in [0.5, 0.6) is 0 Å². The molecular formula is C21H22ClF3N2. The average molecular weight is 395 g/mol. The molecule has 1 heterocycles. The largest absolute Gasteiger partial charge is 0.390 e. The minimum Gasteiger partial charge on any atom is -0.314 e. The number of hydrogen-bond acceptors (Lipinski definition) is 2. The van der Waals surface area contributed by atoms with Gasteiger partial charge in [-0.05, 0) is 33.2 Å². The summed E-state index contributed by atoms with van der Waals surface area (Å²) in [5.41, 5.74) is 0.776. The maximum absolute atomic E-state index is 13.4. The zero-order chi connectivity index (χ0) is 18.1. The molecule has 0 aliphatic carbocycles. The summed E-state index contributed by atoms with van der Waals surface area (Å²) in [7, 11) is 0. The van der Waals surface area contributed by atoms with Crippen LogP contribution in [-0.2, 0) is 0 Å². The van der Waals surface area contributed by atoms with Crippen LogP contribution in [0.3, 0.4) is 0 Å². The Labute approximate surface area is 162 Å². The molecule has 1 aliphatic heterocycles. The van der Waals surface area contributed by atoms with Crippen LogP contribution >= 0.6 is 12.4 Å². The van der Waals surface area contributed by atoms with Crippen molar-refractivity contribution in [3.8, 4) is 0 Å². The van der Waals surface area contributed by atoms with Crippen molar-refractivity contribution >= 4 is 34.0 Å². The summed E-state index contributed by atoms with van der Waals surface area (Å²) in [5.74, 6) is 0. The van der Waals surface area contributed by atoms with E-state index in [9.17, 15) is 13.2 Å². The average Bonchev–Trinajstić information content (AvgIpc) is 2.66. The van der Waals surface area contributed by atoms with Crippen LogP contribution in [0.15, 0.2) is 54.6 Å². The molecule has 27 heavy (non-hydrogen) atoms. The number of fused-ring (bicyclic) bond motifs is 3. The lowest BCUT2D eigenvalue weighted by Gasteiger charge is -2.36. The van der Waals surface area contributed by atoms with Crippen LogP contribution in [-0.4, -0.2) is 37.3 Å². The monoisotopic (exact) mass is 394 g/mol. The standard InChI is InChI=1S/C21H21F3N2.ClH/c22-21(23,24)14-20(26-11-9-25-10-12-26)19-13-15-5-1-2-6-16(15)17-7-3-4-8-18(17)19;/h1-8,13,20,25H,9-12,14H2;1H/t20-;/m0./s1. The van der Waals surface area contributed by atoms with E-state index in [0.717, 1.165) is 40.2 Å². The van der Waals surface area contributed by atoms with Crippen LogP contribution in [0.2, 0.25) is 0 Å². The zero-order valence-corrected chi connectivity index (χ0v) is 15.6. The first-order valence-corrected chi connectivity index (χ1v) is 8.95. The van der Waals surface area contributed by atoms with Gasteiger partial charge in [0.05, 0.1) is 6.42 Å². The Hall–Kier alpha value is -1.82. The van der Waals surface area contributed by atoms with Gasteiger partial charge in [-0.3, -0.25) is 4.90 Å². The highest BCUT2D eigenvalue weighted by atomic mass is 35.5. The van der Waals surface area contributed by atoms with Gasteiger partial charge in [-0.2, -0.15) is 13.2 Å². The molecule has 1 N–H and O–H groups in total. The zero-order valence-electron chi connectivity index (χ0n) is 14.8. The Morgan fingerprint density at radius 1 is 0.889 bits per heavy atom. The first-order valence-electron chi connectivity index (χ1n) is 8.95. The van der Waals surface area contributed by atoms with Crippen molar-refractivity contribution in [1.82, 2.24) is 10.2 Å². The molecule has 0 amide bonds. The van der Waals surface area contributed by atoms with Crippen LogP contribution in [0.4, 0.5) is 13.2 Å². The minimum atomic E-state index is -4.21. The van der Waals surface area contributed by atoms with E-state index in [-0.39, 0.29) is 12.4 Å². The molecule has 3 aromatic rings. The predicted molar refractivity (Wildman–Crippen MR) is 107 cm³/mol. The normalized spacial score (nSPS) is 17.0. The Kier molecular flexibility index (Phi) is 5.94. The van der Waals surface area contributed by atoms with Gasteiger partial charge in [0.1, 0.15) is 0 Å². The van der Waals surface area contributed by atoms with Gasteiger partial charge in [0, 0.05) is 32.2 Å². The third-order valence-electron chi connectivity index (χ3n) is 5.18. The van der Waals surface area contributed by atoms with Gasteiger partial charge in [-0.1, -0.05) is 48.5 Å². The summed E-state index contributed by atoms with van der Waals surface area (Å²) in [4.78, 5) is 1.97. The second-order valence-electron chi connectivity index (χ2n) is 6.85. The molecule has 0 aromatic heterocycles. The van der Waals surface area contributed by atoms with Gasteiger partial charge in [-0.25, -0.2) is 0 Å². The Balaban J connectivity index is 0.00000210. The molecule has 3 aromatic carbocycles. The third kappa shape index (κ3) is 4.21. The van der Waals surface area contributed by atoms with Crippen LogP contribution in [0, 0.1) is 0 Å². The highest BCUT2D eigenvalue weighted by Crippen LogP contribution is 2.39. The van der Waals surface area contributed by atoms with Crippen molar-refractivity contribution in [2.24, 2.45) is 0 Å². The van der Waals surface area contributed by atoms with Crippen molar-refractivity contribution in [2.75, 3.05) is 26.2 Å². The number of alkyl halides is 3. The molecule has 4 rings (SSSR count). The molecule has 0 bridgehead atoms. The van der Waals surface area contributed by atoms with E-state index in [4.69, 9.17) is 0 Å². The van der Waals surface area contributed by atoms with Gasteiger partial charge in [0.25, 0.3) is 0 Å². The first-order chi connectivity index (χ1) is 12.5. The number of nitrogens with one attached hydrogen (secondary N) is 1. The van der Waals surface area contributed by atoms with Crippen molar-refractivity contribution < 1.29 is 13.2 Å². The van der Waals surface area contributed by atoms with Gasteiger partial charge in [0.15, 0.2) is 0 Å². The van der Waals surface area contributed by atoms with Crippen molar-refractivity contribution in [3.63, 3.8) is 0 Å². The molecule has 6 heteroatoms. The topological polar surface area (TPSA) is 15.3 Å². The Morgan fingerprint density at radius 3 is 2.15 bits per heavy atom. The molecule has 1 aliphatic rings. The van der Waals surface area contributed by atoms with Crippen molar-refractivity contribution in [2.45, 2.75) is 18.6 Å². The van der Waals surface area contributed by atoms with Crippen LogP contribution < -0.4 is 5.32 Å². The molecule has 1 atom stereocenters. The van der Waals surface area contributed by atoms with E-state index in [0.29, 0.717) is 13.1 Å². The maximum atomic E-state index is 13.4. The summed E-state index contributed by atoms with van der Waals surface area (Å²) >= 11 is 0. The lowest BCUT2D eigenvalue weighted by molar-refractivity contribution is -0.148. The molecule has 2 nitrogen and oxygen atoms in total. The highest BCUT2D eigenvalue weighted by Gasteiger charge is 2.36. The summed E-state index contributed by atoms with van der Waals surface area (Å²) in [6.07, 6.45) is -5.03. The molecule has 0 radical (unpaired) electrons. The van der Waals surface area contributed by atoms with Gasteiger partial charge >= 0.3 is 6.18 Å². The number of hydrogen-bond donors (Lipinski definition) is 1. The number of benzene rings is 3. The highest BCUT2D eigenvalue weighted by molar-refractivity contribution is 6.09. The smallest absolute Gasteiger partial charge is 0.314 e. The summed E-state index contributed by atoms with van der Waals surface area (Å²) < 4.78 is 40.3. The second-order valence-corrected chi connectivity index (χ2v) is 6.85. The molecular weight excluding hydrogens is 373 g/mol. The molecule has 0 spiro atoms. The van der Waals surface area contributed by atoms with Crippen LogP contribution in [0.25, 0.3) is 21.5 Å². The number of halogens is 4. The fraction of sp³-hybridized carbons (Fsp3) is 0.333. The quantitative estimate of drug-likeness (QED) is 0.605.